The smallest absolute Gasteiger partial charge is 0.308 e. The molecule has 146 valence electrons. The van der Waals surface area contributed by atoms with E-state index in [-0.39, 0.29) is 12.2 Å². The van der Waals surface area contributed by atoms with Crippen LogP contribution in [0.2, 0.25) is 5.02 Å². The van der Waals surface area contributed by atoms with E-state index >= 15 is 0 Å². The highest BCUT2D eigenvalue weighted by molar-refractivity contribution is 6.30. The maximum Gasteiger partial charge on any atom is 0.308 e. The number of nitrogens with zero attached hydrogens (tertiary/aromatic N) is 1. The third-order valence-electron chi connectivity index (χ3n) is 3.92. The molecule has 2 aromatic rings. The van der Waals surface area contributed by atoms with Crippen LogP contribution >= 0.6 is 11.6 Å². The Morgan fingerprint density at radius 3 is 2.48 bits per heavy atom. The predicted octanol–water partition coefficient (Wildman–Crippen LogP) is 3.70. The van der Waals surface area contributed by atoms with Crippen molar-refractivity contribution in [2.75, 3.05) is 18.1 Å². The van der Waals surface area contributed by atoms with E-state index in [1.165, 1.54) is 5.01 Å². The van der Waals surface area contributed by atoms with Crippen molar-refractivity contribution >= 4 is 23.3 Å². The SMILES string of the molecule is CCCN(NC[C@H](O)c1cccc(Cl)c1)c1cc(F)c(CC(=O)O)c(F)c1. The molecule has 0 unspecified atom stereocenters. The normalized spacial score (nSPS) is 12.0. The van der Waals surface area contributed by atoms with E-state index in [1.807, 2.05) is 6.92 Å². The van der Waals surface area contributed by atoms with Crippen molar-refractivity contribution in [3.8, 4) is 0 Å². The molecule has 0 aliphatic carbocycles. The number of nitrogens with one attached hydrogen (secondary N) is 1. The molecule has 2 aromatic carbocycles. The van der Waals surface area contributed by atoms with Gasteiger partial charge in [-0.15, -0.1) is 0 Å². The van der Waals surface area contributed by atoms with Crippen molar-refractivity contribution in [1.29, 1.82) is 0 Å². The summed E-state index contributed by atoms with van der Waals surface area (Å²) >= 11 is 5.92. The lowest BCUT2D eigenvalue weighted by molar-refractivity contribution is -0.136. The number of halogens is 3. The lowest BCUT2D eigenvalue weighted by atomic mass is 10.1. The van der Waals surface area contributed by atoms with E-state index in [0.717, 1.165) is 12.1 Å². The standard InChI is InChI=1S/C19H21ClF2N2O3/c1-2-6-24(23-11-18(25)12-4-3-5-13(20)7-12)14-8-16(21)15(10-19(26)27)17(22)9-14/h3-5,7-9,18,23,25H,2,6,10-11H2,1H3,(H,26,27)/t18-/m0/s1. The Labute approximate surface area is 161 Å². The monoisotopic (exact) mass is 398 g/mol. The number of hydrazine groups is 1. The third kappa shape index (κ3) is 5.89. The van der Waals surface area contributed by atoms with Crippen molar-refractivity contribution in [2.24, 2.45) is 0 Å². The van der Waals surface area contributed by atoms with Gasteiger partial charge >= 0.3 is 5.97 Å². The van der Waals surface area contributed by atoms with Crippen molar-refractivity contribution < 1.29 is 23.8 Å². The number of carbonyl (C=O) groups is 1. The van der Waals surface area contributed by atoms with Gasteiger partial charge in [-0.3, -0.25) is 4.79 Å². The van der Waals surface area contributed by atoms with Crippen LogP contribution in [0.3, 0.4) is 0 Å². The molecule has 0 aliphatic heterocycles. The number of aliphatic hydroxyl groups excluding tert-OH is 1. The molecule has 8 heteroatoms. The van der Waals surface area contributed by atoms with Crippen LogP contribution in [0.15, 0.2) is 36.4 Å². The molecule has 5 nitrogen and oxygen atoms in total. The van der Waals surface area contributed by atoms with E-state index in [4.69, 9.17) is 16.7 Å². The first kappa shape index (κ1) is 21.1. The van der Waals surface area contributed by atoms with Crippen LogP contribution in [0.5, 0.6) is 0 Å². The van der Waals surface area contributed by atoms with Crippen LogP contribution in [-0.2, 0) is 11.2 Å². The Bertz CT molecular complexity index is 781. The highest BCUT2D eigenvalue weighted by Crippen LogP contribution is 2.23. The molecule has 0 radical (unpaired) electrons. The second kappa shape index (κ2) is 9.64. The number of rotatable bonds is 9. The number of aliphatic carboxylic acids is 1. The fourth-order valence-corrected chi connectivity index (χ4v) is 2.82. The van der Waals surface area contributed by atoms with Gasteiger partial charge in [-0.05, 0) is 36.2 Å². The first-order chi connectivity index (χ1) is 12.8. The predicted molar refractivity (Wildman–Crippen MR) is 99.7 cm³/mol. The molecule has 0 aliphatic rings. The molecule has 0 amide bonds. The lowest BCUT2D eigenvalue weighted by Gasteiger charge is -2.27. The maximum atomic E-state index is 14.2. The fourth-order valence-electron chi connectivity index (χ4n) is 2.62. The minimum Gasteiger partial charge on any atom is -0.481 e. The molecule has 0 saturated carbocycles. The van der Waals surface area contributed by atoms with Gasteiger partial charge in [-0.25, -0.2) is 14.2 Å². The van der Waals surface area contributed by atoms with Gasteiger partial charge in [0.1, 0.15) is 11.6 Å². The molecular formula is C19H21ClF2N2O3. The number of hydrogen-bond acceptors (Lipinski definition) is 4. The zero-order valence-corrected chi connectivity index (χ0v) is 15.5. The first-order valence-electron chi connectivity index (χ1n) is 8.46. The second-order valence-electron chi connectivity index (χ2n) is 6.04. The van der Waals surface area contributed by atoms with Gasteiger partial charge in [0, 0.05) is 23.7 Å². The van der Waals surface area contributed by atoms with E-state index in [1.54, 1.807) is 24.3 Å². The fraction of sp³-hybridized carbons (Fsp3) is 0.316. The topological polar surface area (TPSA) is 72.8 Å². The molecule has 0 spiro atoms. The lowest BCUT2D eigenvalue weighted by Crippen LogP contribution is -2.41. The van der Waals surface area contributed by atoms with E-state index in [2.05, 4.69) is 5.43 Å². The van der Waals surface area contributed by atoms with Crippen molar-refractivity contribution in [1.82, 2.24) is 5.43 Å². The van der Waals surface area contributed by atoms with E-state index in [9.17, 15) is 18.7 Å². The number of anilines is 1. The van der Waals surface area contributed by atoms with Crippen LogP contribution < -0.4 is 10.4 Å². The molecule has 0 saturated heterocycles. The summed E-state index contributed by atoms with van der Waals surface area (Å²) in [6.45, 7) is 2.42. The van der Waals surface area contributed by atoms with Crippen LogP contribution in [0.25, 0.3) is 0 Å². The zero-order valence-electron chi connectivity index (χ0n) is 14.8. The van der Waals surface area contributed by atoms with Crippen LogP contribution in [0, 0.1) is 11.6 Å². The molecule has 0 aromatic heterocycles. The Kier molecular flexibility index (Phi) is 7.53. The number of carboxylic acids is 1. The van der Waals surface area contributed by atoms with Gasteiger partial charge < -0.3 is 15.2 Å². The van der Waals surface area contributed by atoms with Crippen LogP contribution in [0.1, 0.15) is 30.6 Å². The molecule has 0 bridgehead atoms. The average molecular weight is 399 g/mol. The van der Waals surface area contributed by atoms with Gasteiger partial charge in [0.05, 0.1) is 18.2 Å². The van der Waals surface area contributed by atoms with Gasteiger partial charge in [0.25, 0.3) is 0 Å². The summed E-state index contributed by atoms with van der Waals surface area (Å²) in [5, 5.41) is 21.1. The van der Waals surface area contributed by atoms with Crippen LogP contribution in [-0.4, -0.2) is 29.3 Å². The number of aliphatic hydroxyl groups is 1. The molecule has 1 atom stereocenters. The minimum absolute atomic E-state index is 0.0977. The molecular weight excluding hydrogens is 378 g/mol. The van der Waals surface area contributed by atoms with Gasteiger partial charge in [-0.2, -0.15) is 0 Å². The molecule has 27 heavy (non-hydrogen) atoms. The van der Waals surface area contributed by atoms with Crippen molar-refractivity contribution in [3.63, 3.8) is 0 Å². The van der Waals surface area contributed by atoms with E-state index in [0.29, 0.717) is 23.6 Å². The Morgan fingerprint density at radius 1 is 1.26 bits per heavy atom. The summed E-state index contributed by atoms with van der Waals surface area (Å²) in [5.41, 5.74) is 3.29. The molecule has 2 rings (SSSR count). The third-order valence-corrected chi connectivity index (χ3v) is 4.16. The Hall–Kier alpha value is -2.22. The van der Waals surface area contributed by atoms with Crippen molar-refractivity contribution in [3.05, 3.63) is 64.2 Å². The number of hydrogen-bond donors (Lipinski definition) is 3. The number of carboxylic acid groups (broad SMARTS) is 1. The first-order valence-corrected chi connectivity index (χ1v) is 8.84. The highest BCUT2D eigenvalue weighted by Gasteiger charge is 2.18. The summed E-state index contributed by atoms with van der Waals surface area (Å²) in [6, 6.07) is 8.93. The molecule has 0 heterocycles. The van der Waals surface area contributed by atoms with Gasteiger partial charge in [0.2, 0.25) is 0 Å². The summed E-state index contributed by atoms with van der Waals surface area (Å²) < 4.78 is 28.3. The maximum absolute atomic E-state index is 14.2. The van der Waals surface area contributed by atoms with Crippen molar-refractivity contribution in [2.45, 2.75) is 25.9 Å². The number of benzene rings is 2. The molecule has 3 N–H and O–H groups in total. The quantitative estimate of drug-likeness (QED) is 0.562. The largest absolute Gasteiger partial charge is 0.481 e. The zero-order chi connectivity index (χ0) is 20.0. The highest BCUT2D eigenvalue weighted by atomic mass is 35.5. The second-order valence-corrected chi connectivity index (χ2v) is 6.48. The summed E-state index contributed by atoms with van der Waals surface area (Å²) in [6.07, 6.45) is -0.920. The average Bonchev–Trinajstić information content (AvgIpc) is 2.61. The van der Waals surface area contributed by atoms with Crippen LogP contribution in [0.4, 0.5) is 14.5 Å². The Morgan fingerprint density at radius 2 is 1.93 bits per heavy atom. The van der Waals surface area contributed by atoms with Gasteiger partial charge in [0.15, 0.2) is 0 Å². The minimum atomic E-state index is -1.31. The Balaban J connectivity index is 2.15. The van der Waals surface area contributed by atoms with E-state index < -0.39 is 35.7 Å². The molecule has 0 fully saturated rings. The van der Waals surface area contributed by atoms with Gasteiger partial charge in [-0.1, -0.05) is 30.7 Å². The summed E-state index contributed by atoms with van der Waals surface area (Å²) in [7, 11) is 0. The summed E-state index contributed by atoms with van der Waals surface area (Å²) in [5.74, 6) is -3.16. The summed E-state index contributed by atoms with van der Waals surface area (Å²) in [4.78, 5) is 10.7.